The van der Waals surface area contributed by atoms with Gasteiger partial charge in [0.25, 0.3) is 5.91 Å². The number of amides is 1. The topological polar surface area (TPSA) is 38.3 Å². The maximum atomic E-state index is 12.7. The minimum atomic E-state index is -0.353. The molecule has 1 N–H and O–H groups in total. The van der Waals surface area contributed by atoms with Crippen LogP contribution in [0.25, 0.3) is 0 Å². The van der Waals surface area contributed by atoms with Gasteiger partial charge in [-0.1, -0.05) is 77.3 Å². The van der Waals surface area contributed by atoms with Crippen molar-refractivity contribution in [2.24, 2.45) is 0 Å². The molecule has 3 aromatic carbocycles. The maximum Gasteiger partial charge on any atom is 0.259 e. The molecule has 0 aliphatic heterocycles. The van der Waals surface area contributed by atoms with E-state index in [-0.39, 0.29) is 5.91 Å². The summed E-state index contributed by atoms with van der Waals surface area (Å²) in [5, 5.41) is 3.67. The summed E-state index contributed by atoms with van der Waals surface area (Å²) in [5.41, 5.74) is 1.78. The quantitative estimate of drug-likeness (QED) is 0.493. The molecule has 0 aliphatic rings. The van der Waals surface area contributed by atoms with Gasteiger partial charge in [0.05, 0.1) is 26.3 Å². The van der Waals surface area contributed by atoms with E-state index in [1.165, 1.54) is 12.1 Å². The zero-order valence-electron chi connectivity index (χ0n) is 13.5. The van der Waals surface area contributed by atoms with E-state index in [4.69, 9.17) is 39.5 Å². The summed E-state index contributed by atoms with van der Waals surface area (Å²) in [6.07, 6.45) is 0. The van der Waals surface area contributed by atoms with Crippen LogP contribution in [0.3, 0.4) is 0 Å². The van der Waals surface area contributed by atoms with Crippen molar-refractivity contribution >= 4 is 46.4 Å². The second kappa shape index (κ2) is 8.45. The predicted molar refractivity (Wildman–Crippen MR) is 107 cm³/mol. The van der Waals surface area contributed by atoms with Gasteiger partial charge in [-0.05, 0) is 29.8 Å². The summed E-state index contributed by atoms with van der Waals surface area (Å²) < 4.78 is 5.81. The fraction of sp³-hybridized carbons (Fsp3) is 0.0500. The van der Waals surface area contributed by atoms with Crippen LogP contribution in [0.1, 0.15) is 15.9 Å². The Hall–Kier alpha value is -2.20. The van der Waals surface area contributed by atoms with Crippen LogP contribution in [-0.4, -0.2) is 5.91 Å². The van der Waals surface area contributed by atoms with Gasteiger partial charge in [-0.3, -0.25) is 4.79 Å². The standard InChI is InChI=1S/C20H14Cl3NO2/c21-15-10-17(23)18(11-16(15)22)24-20(25)14-8-4-5-9-19(14)26-12-13-6-2-1-3-7-13/h1-11H,12H2,(H,24,25). The molecular weight excluding hydrogens is 393 g/mol. The molecule has 0 heterocycles. The van der Waals surface area contributed by atoms with Crippen molar-refractivity contribution < 1.29 is 9.53 Å². The second-order valence-electron chi connectivity index (χ2n) is 5.47. The van der Waals surface area contributed by atoms with Crippen molar-refractivity contribution in [1.82, 2.24) is 0 Å². The van der Waals surface area contributed by atoms with Crippen LogP contribution in [0.4, 0.5) is 5.69 Å². The molecule has 0 atom stereocenters. The third-order valence-electron chi connectivity index (χ3n) is 3.63. The highest BCUT2D eigenvalue weighted by Crippen LogP contribution is 2.33. The Morgan fingerprint density at radius 1 is 0.846 bits per heavy atom. The lowest BCUT2D eigenvalue weighted by Gasteiger charge is -2.13. The number of hydrogen-bond donors (Lipinski definition) is 1. The number of nitrogens with one attached hydrogen (secondary N) is 1. The Labute approximate surface area is 166 Å². The molecular formula is C20H14Cl3NO2. The molecule has 3 aromatic rings. The molecule has 0 saturated heterocycles. The van der Waals surface area contributed by atoms with Gasteiger partial charge >= 0.3 is 0 Å². The minimum Gasteiger partial charge on any atom is -0.488 e. The summed E-state index contributed by atoms with van der Waals surface area (Å²) in [6, 6.07) is 19.7. The normalized spacial score (nSPS) is 10.4. The first-order valence-electron chi connectivity index (χ1n) is 7.76. The highest BCUT2D eigenvalue weighted by atomic mass is 35.5. The lowest BCUT2D eigenvalue weighted by atomic mass is 10.1. The van der Waals surface area contributed by atoms with Crippen LogP contribution in [0, 0.1) is 0 Å². The van der Waals surface area contributed by atoms with Crippen molar-refractivity contribution in [2.45, 2.75) is 6.61 Å². The Balaban J connectivity index is 1.79. The van der Waals surface area contributed by atoms with Gasteiger partial charge in [-0.25, -0.2) is 0 Å². The van der Waals surface area contributed by atoms with Crippen LogP contribution in [0.5, 0.6) is 5.75 Å². The van der Waals surface area contributed by atoms with E-state index in [2.05, 4.69) is 5.32 Å². The molecule has 6 heteroatoms. The Kier molecular flexibility index (Phi) is 6.04. The number of carbonyl (C=O) groups excluding carboxylic acids is 1. The molecule has 0 unspecified atom stereocenters. The zero-order chi connectivity index (χ0) is 18.5. The number of carbonyl (C=O) groups is 1. The van der Waals surface area contributed by atoms with Crippen LogP contribution in [0.2, 0.25) is 15.1 Å². The van der Waals surface area contributed by atoms with Crippen molar-refractivity contribution in [3.05, 3.63) is 92.9 Å². The largest absolute Gasteiger partial charge is 0.488 e. The fourth-order valence-electron chi connectivity index (χ4n) is 2.32. The third kappa shape index (κ3) is 4.50. The first-order chi connectivity index (χ1) is 12.5. The molecule has 0 radical (unpaired) electrons. The average molecular weight is 407 g/mol. The molecule has 0 aromatic heterocycles. The van der Waals surface area contributed by atoms with Gasteiger partial charge in [0.15, 0.2) is 0 Å². The minimum absolute atomic E-state index is 0.301. The first kappa shape index (κ1) is 18.6. The molecule has 0 fully saturated rings. The van der Waals surface area contributed by atoms with Gasteiger partial charge in [-0.15, -0.1) is 0 Å². The van der Waals surface area contributed by atoms with E-state index in [0.717, 1.165) is 5.56 Å². The summed E-state index contributed by atoms with van der Waals surface area (Å²) in [7, 11) is 0. The fourth-order valence-corrected chi connectivity index (χ4v) is 2.92. The van der Waals surface area contributed by atoms with Crippen molar-refractivity contribution in [1.29, 1.82) is 0 Å². The van der Waals surface area contributed by atoms with Crippen LogP contribution in [-0.2, 0) is 6.61 Å². The molecule has 0 saturated carbocycles. The zero-order valence-corrected chi connectivity index (χ0v) is 15.8. The lowest BCUT2D eigenvalue weighted by Crippen LogP contribution is -2.14. The van der Waals surface area contributed by atoms with Crippen LogP contribution < -0.4 is 10.1 Å². The average Bonchev–Trinajstić information content (AvgIpc) is 2.65. The lowest BCUT2D eigenvalue weighted by molar-refractivity contribution is 0.102. The van der Waals surface area contributed by atoms with Gasteiger partial charge in [0.1, 0.15) is 12.4 Å². The Morgan fingerprint density at radius 3 is 2.27 bits per heavy atom. The molecule has 26 heavy (non-hydrogen) atoms. The molecule has 0 spiro atoms. The Morgan fingerprint density at radius 2 is 1.50 bits per heavy atom. The van der Waals surface area contributed by atoms with Crippen LogP contribution >= 0.6 is 34.8 Å². The van der Waals surface area contributed by atoms with E-state index >= 15 is 0 Å². The second-order valence-corrected chi connectivity index (χ2v) is 6.69. The maximum absolute atomic E-state index is 12.7. The van der Waals surface area contributed by atoms with Crippen molar-refractivity contribution in [2.75, 3.05) is 5.32 Å². The predicted octanol–water partition coefficient (Wildman–Crippen LogP) is 6.48. The van der Waals surface area contributed by atoms with E-state index in [9.17, 15) is 4.79 Å². The molecule has 3 rings (SSSR count). The van der Waals surface area contributed by atoms with E-state index < -0.39 is 0 Å². The Bertz CT molecular complexity index is 930. The number of rotatable bonds is 5. The molecule has 1 amide bonds. The van der Waals surface area contributed by atoms with E-state index in [0.29, 0.717) is 38.7 Å². The number of halogens is 3. The van der Waals surface area contributed by atoms with Crippen molar-refractivity contribution in [3.8, 4) is 5.75 Å². The highest BCUT2D eigenvalue weighted by Gasteiger charge is 2.15. The molecule has 0 aliphatic carbocycles. The van der Waals surface area contributed by atoms with Gasteiger partial charge in [0, 0.05) is 0 Å². The summed E-state index contributed by atoms with van der Waals surface area (Å²) in [5.74, 6) is 0.124. The van der Waals surface area contributed by atoms with Gasteiger partial charge in [0.2, 0.25) is 0 Å². The van der Waals surface area contributed by atoms with Gasteiger partial charge < -0.3 is 10.1 Å². The third-order valence-corrected chi connectivity index (χ3v) is 4.66. The SMILES string of the molecule is O=C(Nc1cc(Cl)c(Cl)cc1Cl)c1ccccc1OCc1ccccc1. The highest BCUT2D eigenvalue weighted by molar-refractivity contribution is 6.44. The smallest absolute Gasteiger partial charge is 0.259 e. The number of ether oxygens (including phenoxy) is 1. The summed E-state index contributed by atoms with van der Waals surface area (Å²) >= 11 is 18.0. The molecule has 0 bridgehead atoms. The summed E-state index contributed by atoms with van der Waals surface area (Å²) in [4.78, 5) is 12.7. The molecule has 132 valence electrons. The monoisotopic (exact) mass is 405 g/mol. The van der Waals surface area contributed by atoms with Gasteiger partial charge in [-0.2, -0.15) is 0 Å². The van der Waals surface area contributed by atoms with E-state index in [1.807, 2.05) is 36.4 Å². The summed E-state index contributed by atoms with van der Waals surface area (Å²) in [6.45, 7) is 0.360. The first-order valence-corrected chi connectivity index (χ1v) is 8.89. The van der Waals surface area contributed by atoms with Crippen LogP contribution in [0.15, 0.2) is 66.7 Å². The number of anilines is 1. The molecule has 3 nitrogen and oxygen atoms in total. The number of hydrogen-bond acceptors (Lipinski definition) is 2. The van der Waals surface area contributed by atoms with E-state index in [1.54, 1.807) is 18.2 Å². The number of benzene rings is 3. The number of para-hydroxylation sites is 1. The van der Waals surface area contributed by atoms with Crippen molar-refractivity contribution in [3.63, 3.8) is 0 Å².